The van der Waals surface area contributed by atoms with Gasteiger partial charge in [-0.15, -0.1) is 0 Å². The first-order valence-corrected chi connectivity index (χ1v) is 5.06. The van der Waals surface area contributed by atoms with E-state index in [4.69, 9.17) is 10.5 Å². The molecule has 90 valence electrons. The van der Waals surface area contributed by atoms with E-state index in [0.717, 1.165) is 12.1 Å². The molecule has 0 fully saturated rings. The van der Waals surface area contributed by atoms with E-state index < -0.39 is 23.1 Å². The van der Waals surface area contributed by atoms with Crippen molar-refractivity contribution in [1.82, 2.24) is 0 Å². The molecule has 0 spiro atoms. The standard InChI is InChI=1S/C12H17F2NO/c1-12(2,3)11(15)10-8(13)5-7(16-4)6-9(10)14/h5-6,11H,15H2,1-4H3. The van der Waals surface area contributed by atoms with E-state index >= 15 is 0 Å². The first kappa shape index (κ1) is 12.9. The summed E-state index contributed by atoms with van der Waals surface area (Å²) in [6.07, 6.45) is 0. The van der Waals surface area contributed by atoms with Crippen LogP contribution in [0.3, 0.4) is 0 Å². The van der Waals surface area contributed by atoms with Gasteiger partial charge in [-0.2, -0.15) is 0 Å². The smallest absolute Gasteiger partial charge is 0.134 e. The van der Waals surface area contributed by atoms with Crippen molar-refractivity contribution in [3.8, 4) is 5.75 Å². The van der Waals surface area contributed by atoms with E-state index in [9.17, 15) is 8.78 Å². The molecule has 1 aromatic rings. The molecule has 2 N–H and O–H groups in total. The van der Waals surface area contributed by atoms with Gasteiger partial charge >= 0.3 is 0 Å². The second-order valence-electron chi connectivity index (χ2n) is 4.85. The summed E-state index contributed by atoms with van der Waals surface area (Å²) in [5.41, 5.74) is 5.35. The molecule has 0 aliphatic carbocycles. The molecule has 1 unspecified atom stereocenters. The van der Waals surface area contributed by atoms with Crippen molar-refractivity contribution >= 4 is 0 Å². The highest BCUT2D eigenvalue weighted by Crippen LogP contribution is 2.34. The summed E-state index contributed by atoms with van der Waals surface area (Å²) in [6.45, 7) is 5.50. The first-order valence-electron chi connectivity index (χ1n) is 5.06. The molecule has 0 bridgehead atoms. The summed E-state index contributed by atoms with van der Waals surface area (Å²) < 4.78 is 32.1. The van der Waals surface area contributed by atoms with E-state index in [2.05, 4.69) is 0 Å². The van der Waals surface area contributed by atoms with Crippen LogP contribution in [0.2, 0.25) is 0 Å². The first-order chi connectivity index (χ1) is 7.27. The second-order valence-corrected chi connectivity index (χ2v) is 4.85. The van der Waals surface area contributed by atoms with Gasteiger partial charge in [0.25, 0.3) is 0 Å². The second kappa shape index (κ2) is 4.37. The van der Waals surface area contributed by atoms with E-state index in [1.165, 1.54) is 7.11 Å². The van der Waals surface area contributed by atoms with Crippen molar-refractivity contribution < 1.29 is 13.5 Å². The lowest BCUT2D eigenvalue weighted by Crippen LogP contribution is -2.28. The minimum atomic E-state index is -0.696. The number of methoxy groups -OCH3 is 1. The van der Waals surface area contributed by atoms with Crippen molar-refractivity contribution in [1.29, 1.82) is 0 Å². The van der Waals surface area contributed by atoms with Gasteiger partial charge in [-0.25, -0.2) is 8.78 Å². The topological polar surface area (TPSA) is 35.2 Å². The minimum Gasteiger partial charge on any atom is -0.497 e. The Morgan fingerprint density at radius 1 is 1.19 bits per heavy atom. The summed E-state index contributed by atoms with van der Waals surface area (Å²) in [5, 5.41) is 0. The Balaban J connectivity index is 3.25. The number of hydrogen-bond acceptors (Lipinski definition) is 2. The van der Waals surface area contributed by atoms with Crippen LogP contribution in [0.1, 0.15) is 32.4 Å². The van der Waals surface area contributed by atoms with Gasteiger partial charge in [-0.3, -0.25) is 0 Å². The summed E-state index contributed by atoms with van der Waals surface area (Å²) in [6, 6.07) is 1.59. The third kappa shape index (κ3) is 2.50. The van der Waals surface area contributed by atoms with E-state index in [1.807, 2.05) is 20.8 Å². The molecule has 0 heterocycles. The van der Waals surface area contributed by atoms with Gasteiger partial charge in [0.05, 0.1) is 7.11 Å². The molecule has 1 aromatic carbocycles. The fourth-order valence-corrected chi connectivity index (χ4v) is 1.41. The minimum absolute atomic E-state index is 0.0895. The highest BCUT2D eigenvalue weighted by Gasteiger charge is 2.28. The lowest BCUT2D eigenvalue weighted by atomic mass is 9.82. The summed E-state index contributed by atoms with van der Waals surface area (Å²) in [4.78, 5) is 0. The van der Waals surface area contributed by atoms with Crippen molar-refractivity contribution in [2.45, 2.75) is 26.8 Å². The van der Waals surface area contributed by atoms with Crippen LogP contribution in [0.5, 0.6) is 5.75 Å². The van der Waals surface area contributed by atoms with Gasteiger partial charge in [-0.05, 0) is 5.41 Å². The Labute approximate surface area is 94.4 Å². The zero-order chi connectivity index (χ0) is 12.5. The van der Waals surface area contributed by atoms with Crippen LogP contribution in [-0.4, -0.2) is 7.11 Å². The summed E-state index contributed by atoms with van der Waals surface area (Å²) in [7, 11) is 1.36. The van der Waals surface area contributed by atoms with Crippen molar-refractivity contribution in [3.05, 3.63) is 29.3 Å². The average molecular weight is 229 g/mol. The lowest BCUT2D eigenvalue weighted by molar-refractivity contribution is 0.308. The predicted molar refractivity (Wildman–Crippen MR) is 59.3 cm³/mol. The molecule has 16 heavy (non-hydrogen) atoms. The monoisotopic (exact) mass is 229 g/mol. The molecular weight excluding hydrogens is 212 g/mol. The molecule has 0 radical (unpaired) electrons. The molecule has 0 saturated heterocycles. The maximum Gasteiger partial charge on any atom is 0.134 e. The Hall–Kier alpha value is -1.16. The number of hydrogen-bond donors (Lipinski definition) is 1. The van der Waals surface area contributed by atoms with Gasteiger partial charge < -0.3 is 10.5 Å². The molecular formula is C12H17F2NO. The molecule has 1 rings (SSSR count). The van der Waals surface area contributed by atoms with Crippen LogP contribution >= 0.6 is 0 Å². The molecule has 0 saturated carbocycles. The summed E-state index contributed by atoms with van der Waals surface area (Å²) >= 11 is 0. The SMILES string of the molecule is COc1cc(F)c(C(N)C(C)(C)C)c(F)c1. The van der Waals surface area contributed by atoms with Crippen LogP contribution in [0, 0.1) is 17.0 Å². The number of benzene rings is 1. The fraction of sp³-hybridized carbons (Fsp3) is 0.500. The average Bonchev–Trinajstić information content (AvgIpc) is 2.14. The maximum absolute atomic E-state index is 13.7. The number of halogens is 2. The Morgan fingerprint density at radius 3 is 1.94 bits per heavy atom. The van der Waals surface area contributed by atoms with Gasteiger partial charge in [0.15, 0.2) is 0 Å². The molecule has 0 aliphatic heterocycles. The van der Waals surface area contributed by atoms with Crippen molar-refractivity contribution in [2.75, 3.05) is 7.11 Å². The molecule has 2 nitrogen and oxygen atoms in total. The molecule has 4 heteroatoms. The zero-order valence-corrected chi connectivity index (χ0v) is 9.97. The lowest BCUT2D eigenvalue weighted by Gasteiger charge is -2.28. The number of ether oxygens (including phenoxy) is 1. The highest BCUT2D eigenvalue weighted by atomic mass is 19.1. The van der Waals surface area contributed by atoms with Crippen LogP contribution in [0.4, 0.5) is 8.78 Å². The van der Waals surface area contributed by atoms with Crippen LogP contribution in [0.25, 0.3) is 0 Å². The molecule has 0 aliphatic rings. The third-order valence-electron chi connectivity index (χ3n) is 2.53. The Morgan fingerprint density at radius 2 is 1.62 bits per heavy atom. The fourth-order valence-electron chi connectivity index (χ4n) is 1.41. The van der Waals surface area contributed by atoms with Crippen molar-refractivity contribution in [2.24, 2.45) is 11.1 Å². The Kier molecular flexibility index (Phi) is 3.53. The van der Waals surface area contributed by atoms with Gasteiger partial charge in [0, 0.05) is 23.7 Å². The van der Waals surface area contributed by atoms with Gasteiger partial charge in [-0.1, -0.05) is 20.8 Å². The number of nitrogens with two attached hydrogens (primary N) is 1. The highest BCUT2D eigenvalue weighted by molar-refractivity contribution is 5.33. The van der Waals surface area contributed by atoms with Crippen molar-refractivity contribution in [3.63, 3.8) is 0 Å². The van der Waals surface area contributed by atoms with E-state index in [-0.39, 0.29) is 11.3 Å². The summed E-state index contributed by atoms with van der Waals surface area (Å²) in [5.74, 6) is -1.18. The molecule has 0 aromatic heterocycles. The quantitative estimate of drug-likeness (QED) is 0.846. The van der Waals surface area contributed by atoms with Crippen LogP contribution in [0.15, 0.2) is 12.1 Å². The van der Waals surface area contributed by atoms with E-state index in [1.54, 1.807) is 0 Å². The zero-order valence-electron chi connectivity index (χ0n) is 9.97. The van der Waals surface area contributed by atoms with Crippen LogP contribution < -0.4 is 10.5 Å². The third-order valence-corrected chi connectivity index (χ3v) is 2.53. The number of rotatable bonds is 2. The maximum atomic E-state index is 13.7. The largest absolute Gasteiger partial charge is 0.497 e. The molecule has 1 atom stereocenters. The van der Waals surface area contributed by atoms with Crippen LogP contribution in [-0.2, 0) is 0 Å². The normalized spacial score (nSPS) is 13.7. The molecule has 0 amide bonds. The van der Waals surface area contributed by atoms with Gasteiger partial charge in [0.2, 0.25) is 0 Å². The predicted octanol–water partition coefficient (Wildman–Crippen LogP) is 3.02. The van der Waals surface area contributed by atoms with Gasteiger partial charge in [0.1, 0.15) is 17.4 Å². The van der Waals surface area contributed by atoms with E-state index in [0.29, 0.717) is 0 Å². The Bertz CT molecular complexity index is 362.